The number of rotatable bonds is 18. The van der Waals surface area contributed by atoms with Gasteiger partial charge in [0.15, 0.2) is 11.5 Å². The zero-order valence-electron chi connectivity index (χ0n) is 40.5. The van der Waals surface area contributed by atoms with Crippen LogP contribution in [0.4, 0.5) is 0 Å². The van der Waals surface area contributed by atoms with Crippen molar-refractivity contribution in [2.45, 2.75) is 33.1 Å². The molecule has 0 aromatic heterocycles. The summed E-state index contributed by atoms with van der Waals surface area (Å²) in [6, 6.07) is 45.3. The molecule has 6 aromatic rings. The van der Waals surface area contributed by atoms with E-state index in [4.69, 9.17) is 33.8 Å². The third kappa shape index (κ3) is 15.9. The van der Waals surface area contributed by atoms with Crippen molar-refractivity contribution < 1.29 is 57.7 Å². The minimum Gasteiger partial charge on any atom is -0.469 e. The number of hydrogen-bond donors (Lipinski definition) is 0. The van der Waals surface area contributed by atoms with Gasteiger partial charge in [-0.3, -0.25) is 9.59 Å². The van der Waals surface area contributed by atoms with E-state index in [1.54, 1.807) is 61.5 Å². The molecule has 0 N–H and O–H groups in total. The normalized spacial score (nSPS) is 15.4. The summed E-state index contributed by atoms with van der Waals surface area (Å²) in [6.45, 7) is 16.9. The molecule has 1 aliphatic rings. The zero-order valence-corrected chi connectivity index (χ0v) is 40.5. The Morgan fingerprint density at radius 2 is 0.972 bits per heavy atom. The second kappa shape index (κ2) is 27.0. The summed E-state index contributed by atoms with van der Waals surface area (Å²) in [5.41, 5.74) is 7.33. The van der Waals surface area contributed by atoms with Gasteiger partial charge in [-0.1, -0.05) is 127 Å². The van der Waals surface area contributed by atoms with E-state index < -0.39 is 29.2 Å². The van der Waals surface area contributed by atoms with Crippen molar-refractivity contribution in [2.75, 3.05) is 27.4 Å². The zero-order chi connectivity index (χ0) is 51.2. The highest BCUT2D eigenvalue weighted by Gasteiger charge is 2.61. The maximum Gasteiger partial charge on any atom is 0.335 e. The van der Waals surface area contributed by atoms with E-state index >= 15 is 0 Å². The highest BCUT2D eigenvalue weighted by molar-refractivity contribution is 5.90. The maximum absolute atomic E-state index is 13.2. The Balaban J connectivity index is 0.000000226. The lowest BCUT2D eigenvalue weighted by Crippen LogP contribution is -2.55. The second-order valence-electron chi connectivity index (χ2n) is 16.3. The number of carbonyl (C=O) groups excluding carboxylic acids is 4. The first kappa shape index (κ1) is 53.6. The molecule has 12 nitrogen and oxygen atoms in total. The molecule has 3 atom stereocenters. The van der Waals surface area contributed by atoms with Gasteiger partial charge >= 0.3 is 23.9 Å². The fraction of sp³-hybridized carbons (Fsp3) is 0.186. The monoisotopic (exact) mass is 958 g/mol. The van der Waals surface area contributed by atoms with Crippen molar-refractivity contribution in [3.63, 3.8) is 0 Å². The van der Waals surface area contributed by atoms with Gasteiger partial charge in [-0.05, 0) is 121 Å². The molecule has 0 bridgehead atoms. The van der Waals surface area contributed by atoms with Gasteiger partial charge in [0.1, 0.15) is 24.7 Å². The van der Waals surface area contributed by atoms with Gasteiger partial charge in [-0.25, -0.2) is 9.59 Å². The lowest BCUT2D eigenvalue weighted by atomic mass is 9.52. The van der Waals surface area contributed by atoms with Crippen LogP contribution < -0.4 is 19.2 Å². The first-order valence-electron chi connectivity index (χ1n) is 22.6. The SMILES string of the molecule is C=CCOOc1ccc(-c2ccc(OC(=O)C3(C)CC(c4ccc(C)cc4)C3C(=O)OC)cc2)cc1.C=CCOOc1ccc(-c2ccc(OC(=O)C=C)cc2)cc1.COC(=O)/C=C/c1ccc(C)cc1. The highest BCUT2D eigenvalue weighted by atomic mass is 17.2. The van der Waals surface area contributed by atoms with Crippen LogP contribution in [0.25, 0.3) is 28.3 Å². The van der Waals surface area contributed by atoms with Gasteiger partial charge in [-0.15, -0.1) is 13.2 Å². The van der Waals surface area contributed by atoms with Gasteiger partial charge < -0.3 is 28.7 Å². The second-order valence-corrected chi connectivity index (χ2v) is 16.3. The van der Waals surface area contributed by atoms with Crippen LogP contribution in [0.5, 0.6) is 23.0 Å². The molecule has 1 aliphatic carbocycles. The summed E-state index contributed by atoms with van der Waals surface area (Å²) >= 11 is 0. The minimum absolute atomic E-state index is 0.0907. The summed E-state index contributed by atoms with van der Waals surface area (Å²) in [5, 5.41) is 0. The van der Waals surface area contributed by atoms with E-state index in [0.29, 0.717) is 42.6 Å². The fourth-order valence-corrected chi connectivity index (χ4v) is 7.30. The molecule has 366 valence electrons. The van der Waals surface area contributed by atoms with Gasteiger partial charge in [-0.2, -0.15) is 9.78 Å². The van der Waals surface area contributed by atoms with E-state index in [1.807, 2.05) is 123 Å². The van der Waals surface area contributed by atoms with Crippen molar-refractivity contribution in [1.82, 2.24) is 0 Å². The topological polar surface area (TPSA) is 142 Å². The van der Waals surface area contributed by atoms with Crippen molar-refractivity contribution in [1.29, 1.82) is 0 Å². The Morgan fingerprint density at radius 3 is 1.38 bits per heavy atom. The predicted molar refractivity (Wildman–Crippen MR) is 273 cm³/mol. The van der Waals surface area contributed by atoms with E-state index in [2.05, 4.69) is 24.5 Å². The summed E-state index contributed by atoms with van der Waals surface area (Å²) < 4.78 is 20.3. The standard InChI is InChI=1S/C30H30O6.C18H16O4.C11H12O2/c1-5-18-34-36-25-16-12-22(13-17-25)21-10-14-24(15-11-21)35-29(32)30(3)19-26(27(30)28(31)33-4)23-8-6-20(2)7-9-23;1-3-13-20-22-17-11-7-15(8-12-17)14-5-9-16(10-6-14)21-18(19)4-2;1-9-3-5-10(6-4-9)7-8-11(12)13-2/h5-17,26-27H,1,18-19H2,2-4H3;3-12H,1-2,13H2;3-8H,1-2H3/b;;8-7+. The van der Waals surface area contributed by atoms with Crippen molar-refractivity contribution in [3.8, 4) is 45.3 Å². The van der Waals surface area contributed by atoms with Crippen LogP contribution in [0.3, 0.4) is 0 Å². The molecule has 0 amide bonds. The van der Waals surface area contributed by atoms with Crippen LogP contribution in [0, 0.1) is 25.2 Å². The lowest BCUT2D eigenvalue weighted by Gasteiger charge is -2.49. The fourth-order valence-electron chi connectivity index (χ4n) is 7.30. The maximum atomic E-state index is 13.2. The Labute approximate surface area is 415 Å². The highest BCUT2D eigenvalue weighted by Crippen LogP contribution is 2.57. The quantitative estimate of drug-likeness (QED) is 0.0154. The van der Waals surface area contributed by atoms with E-state index in [-0.39, 0.29) is 11.9 Å². The molecule has 1 saturated carbocycles. The molecule has 1 fully saturated rings. The van der Waals surface area contributed by atoms with E-state index in [0.717, 1.165) is 45.0 Å². The molecular formula is C59H58O12. The lowest BCUT2D eigenvalue weighted by molar-refractivity contribution is -0.195. The first-order valence-corrected chi connectivity index (χ1v) is 22.6. The van der Waals surface area contributed by atoms with Crippen molar-refractivity contribution >= 4 is 30.0 Å². The van der Waals surface area contributed by atoms with Crippen LogP contribution in [0.1, 0.15) is 41.5 Å². The Morgan fingerprint density at radius 1 is 0.549 bits per heavy atom. The number of esters is 4. The van der Waals surface area contributed by atoms with Gasteiger partial charge in [0.2, 0.25) is 0 Å². The Hall–Kier alpha value is -8.32. The van der Waals surface area contributed by atoms with Crippen LogP contribution >= 0.6 is 0 Å². The predicted octanol–water partition coefficient (Wildman–Crippen LogP) is 12.2. The molecule has 7 rings (SSSR count). The number of hydrogen-bond acceptors (Lipinski definition) is 12. The first-order chi connectivity index (χ1) is 34.3. The average Bonchev–Trinajstić information content (AvgIpc) is 3.39. The van der Waals surface area contributed by atoms with Crippen molar-refractivity contribution in [2.24, 2.45) is 11.3 Å². The van der Waals surface area contributed by atoms with Crippen LogP contribution in [-0.4, -0.2) is 51.3 Å². The molecule has 0 heterocycles. The van der Waals surface area contributed by atoms with Crippen LogP contribution in [0.15, 0.2) is 190 Å². The van der Waals surface area contributed by atoms with Crippen LogP contribution in [0.2, 0.25) is 0 Å². The molecule has 3 unspecified atom stereocenters. The molecular weight excluding hydrogens is 901 g/mol. The molecule has 12 heteroatoms. The third-order valence-electron chi connectivity index (χ3n) is 11.2. The van der Waals surface area contributed by atoms with Crippen LogP contribution in [-0.2, 0) is 38.4 Å². The van der Waals surface area contributed by atoms with Crippen molar-refractivity contribution in [3.05, 3.63) is 212 Å². The molecule has 0 radical (unpaired) electrons. The van der Waals surface area contributed by atoms with Gasteiger partial charge in [0.05, 0.1) is 25.6 Å². The number of methoxy groups -OCH3 is 2. The Bertz CT molecular complexity index is 2720. The van der Waals surface area contributed by atoms with E-state index in [1.165, 1.54) is 25.9 Å². The summed E-state index contributed by atoms with van der Waals surface area (Å²) in [4.78, 5) is 67.9. The third-order valence-corrected chi connectivity index (χ3v) is 11.2. The number of aryl methyl sites for hydroxylation is 2. The summed E-state index contributed by atoms with van der Waals surface area (Å²) in [6.07, 6.45) is 7.98. The Kier molecular flexibility index (Phi) is 20.4. The largest absolute Gasteiger partial charge is 0.469 e. The number of carbonyl (C=O) groups is 4. The number of ether oxygens (including phenoxy) is 4. The van der Waals surface area contributed by atoms with Gasteiger partial charge in [0.25, 0.3) is 0 Å². The average molecular weight is 959 g/mol. The summed E-state index contributed by atoms with van der Waals surface area (Å²) in [7, 11) is 2.71. The molecule has 0 spiro atoms. The molecule has 6 aromatic carbocycles. The molecule has 0 aliphatic heterocycles. The minimum atomic E-state index is -0.967. The molecule has 0 saturated heterocycles. The van der Waals surface area contributed by atoms with Gasteiger partial charge in [0, 0.05) is 12.2 Å². The smallest absolute Gasteiger partial charge is 0.335 e. The number of benzene rings is 6. The molecule has 71 heavy (non-hydrogen) atoms. The van der Waals surface area contributed by atoms with E-state index in [9.17, 15) is 19.2 Å². The summed E-state index contributed by atoms with van der Waals surface area (Å²) in [5.74, 6) is -0.240.